The number of rotatable bonds is 7. The van der Waals surface area contributed by atoms with Crippen molar-refractivity contribution < 1.29 is 36.6 Å². The molecule has 1 atom stereocenters. The predicted octanol–water partition coefficient (Wildman–Crippen LogP) is 2.97. The van der Waals surface area contributed by atoms with Gasteiger partial charge >= 0.3 is 6.09 Å². The van der Waals surface area contributed by atoms with Crippen molar-refractivity contribution in [1.82, 2.24) is 4.90 Å². The lowest BCUT2D eigenvalue weighted by Crippen LogP contribution is -2.68. The molecule has 3 aromatic carbocycles. The molecule has 0 radical (unpaired) electrons. The average molecular weight is 560 g/mol. The minimum Gasteiger partial charge on any atom is -0.444 e. The van der Waals surface area contributed by atoms with Crippen molar-refractivity contribution in [1.29, 1.82) is 0 Å². The molecule has 0 spiro atoms. The summed E-state index contributed by atoms with van der Waals surface area (Å²) in [6.07, 6.45) is -1.86. The highest BCUT2D eigenvalue weighted by molar-refractivity contribution is 8.10. The fourth-order valence-corrected chi connectivity index (χ4v) is 10.2. The van der Waals surface area contributed by atoms with Crippen molar-refractivity contribution in [2.45, 2.75) is 46.5 Å². The van der Waals surface area contributed by atoms with E-state index < -0.39 is 55.1 Å². The van der Waals surface area contributed by atoms with Crippen molar-refractivity contribution in [3.63, 3.8) is 0 Å². The first-order valence-electron chi connectivity index (χ1n) is 11.8. The Hall–Kier alpha value is -3.25. The predicted molar refractivity (Wildman–Crippen MR) is 139 cm³/mol. The van der Waals surface area contributed by atoms with Gasteiger partial charge in [-0.15, -0.1) is 0 Å². The van der Waals surface area contributed by atoms with Crippen LogP contribution >= 0.6 is 0 Å². The number of hydrogen-bond donors (Lipinski definition) is 2. The van der Waals surface area contributed by atoms with Crippen LogP contribution in [0.15, 0.2) is 88.7 Å². The summed E-state index contributed by atoms with van der Waals surface area (Å²) in [7, 11) is -9.87. The maximum absolute atomic E-state index is 14.2. The number of carbonyl (C=O) groups is 1. The van der Waals surface area contributed by atoms with Crippen LogP contribution in [0.4, 0.5) is 4.79 Å². The van der Waals surface area contributed by atoms with Gasteiger partial charge in [-0.2, -0.15) is 0 Å². The van der Waals surface area contributed by atoms with Gasteiger partial charge in [-0.3, -0.25) is 4.90 Å². The number of aryl methyl sites for hydroxylation is 2. The van der Waals surface area contributed by atoms with Gasteiger partial charge in [-0.1, -0.05) is 65.7 Å². The number of hydrogen-bond acceptors (Lipinski definition) is 8. The monoisotopic (exact) mass is 559 g/mol. The third kappa shape index (κ3) is 4.29. The molecule has 3 aromatic rings. The molecule has 1 aliphatic rings. The Morgan fingerprint density at radius 2 is 1.32 bits per heavy atom. The Bertz CT molecular complexity index is 1440. The maximum atomic E-state index is 14.2. The molecule has 2 N–H and O–H groups in total. The smallest absolute Gasteiger partial charge is 0.412 e. The molecule has 0 unspecified atom stereocenters. The first-order chi connectivity index (χ1) is 17.9. The largest absolute Gasteiger partial charge is 0.444 e. The van der Waals surface area contributed by atoms with Crippen LogP contribution in [0.5, 0.6) is 0 Å². The van der Waals surface area contributed by atoms with Gasteiger partial charge in [0, 0.05) is 13.0 Å². The molecule has 1 saturated heterocycles. The molecule has 38 heavy (non-hydrogen) atoms. The second kappa shape index (κ2) is 10.1. The van der Waals surface area contributed by atoms with Gasteiger partial charge in [0.1, 0.15) is 6.61 Å². The number of carbonyl (C=O) groups excluding carboxylic acids is 1. The van der Waals surface area contributed by atoms with Gasteiger partial charge in [-0.25, -0.2) is 21.6 Å². The lowest BCUT2D eigenvalue weighted by Gasteiger charge is -2.42. The summed E-state index contributed by atoms with van der Waals surface area (Å²) in [5.41, 5.74) is -0.976. The first-order valence-corrected chi connectivity index (χ1v) is 14.8. The van der Waals surface area contributed by atoms with E-state index in [0.717, 1.165) is 11.1 Å². The highest BCUT2D eigenvalue weighted by Crippen LogP contribution is 2.51. The van der Waals surface area contributed by atoms with Crippen LogP contribution in [-0.4, -0.2) is 61.0 Å². The maximum Gasteiger partial charge on any atom is 0.412 e. The van der Waals surface area contributed by atoms with Crippen LogP contribution in [0.2, 0.25) is 0 Å². The highest BCUT2D eigenvalue weighted by atomic mass is 32.3. The fourth-order valence-electron chi connectivity index (χ4n) is 4.75. The van der Waals surface area contributed by atoms with Gasteiger partial charge in [0.25, 0.3) is 0 Å². The van der Waals surface area contributed by atoms with Crippen molar-refractivity contribution in [2.75, 3.05) is 13.2 Å². The number of likely N-dealkylation sites (tertiary alicyclic amines) is 1. The molecule has 0 aromatic heterocycles. The molecule has 202 valence electrons. The van der Waals surface area contributed by atoms with E-state index in [1.807, 2.05) is 0 Å². The van der Waals surface area contributed by atoms with E-state index in [9.17, 15) is 31.8 Å². The van der Waals surface area contributed by atoms with E-state index in [0.29, 0.717) is 10.5 Å². The van der Waals surface area contributed by atoms with Gasteiger partial charge in [-0.05, 0) is 43.7 Å². The van der Waals surface area contributed by atoms with Crippen LogP contribution < -0.4 is 0 Å². The van der Waals surface area contributed by atoms with Crippen LogP contribution in [0, 0.1) is 13.8 Å². The molecule has 4 rings (SSSR count). The first kappa shape index (κ1) is 27.8. The van der Waals surface area contributed by atoms with E-state index in [2.05, 4.69) is 0 Å². The molecule has 0 saturated carbocycles. The quantitative estimate of drug-likeness (QED) is 0.451. The number of amides is 1. The molecule has 1 amide bonds. The number of ether oxygens (including phenoxy) is 1. The Kier molecular flexibility index (Phi) is 7.41. The molecule has 1 fully saturated rings. The van der Waals surface area contributed by atoms with Crippen LogP contribution in [-0.2, 0) is 31.0 Å². The fraction of sp³-hybridized carbons (Fsp3) is 0.296. The van der Waals surface area contributed by atoms with Crippen LogP contribution in [0.3, 0.4) is 0 Å². The number of sulfone groups is 2. The number of nitrogens with zero attached hydrogens (tertiary/aromatic N) is 1. The highest BCUT2D eigenvalue weighted by Gasteiger charge is 2.75. The Morgan fingerprint density at radius 1 is 0.842 bits per heavy atom. The SMILES string of the molecule is Cc1ccc(S(=O)(=O)C2(S(=O)(=O)c3ccc(C)cc3)CCN(C(=O)OCc3ccccc3)[C@]2(O)CO)cc1. The molecule has 0 bridgehead atoms. The summed E-state index contributed by atoms with van der Waals surface area (Å²) in [6.45, 7) is 1.39. The lowest BCUT2D eigenvalue weighted by atomic mass is 10.1. The van der Waals surface area contributed by atoms with Crippen molar-refractivity contribution in [3.8, 4) is 0 Å². The molecule has 11 heteroatoms. The van der Waals surface area contributed by atoms with E-state index in [1.165, 1.54) is 48.5 Å². The average Bonchev–Trinajstić information content (AvgIpc) is 3.24. The molecular weight excluding hydrogens is 530 g/mol. The van der Waals surface area contributed by atoms with Crippen molar-refractivity contribution >= 4 is 25.8 Å². The van der Waals surface area contributed by atoms with Gasteiger partial charge < -0.3 is 14.9 Å². The van der Waals surface area contributed by atoms with Gasteiger partial charge in [0.15, 0.2) is 0 Å². The second-order valence-electron chi connectivity index (χ2n) is 9.30. The summed E-state index contributed by atoms with van der Waals surface area (Å²) in [6, 6.07) is 19.6. The summed E-state index contributed by atoms with van der Waals surface area (Å²) in [5.74, 6) is 0. The summed E-state index contributed by atoms with van der Waals surface area (Å²) in [5, 5.41) is 22.3. The third-order valence-corrected chi connectivity index (χ3v) is 12.8. The topological polar surface area (TPSA) is 138 Å². The van der Waals surface area contributed by atoms with E-state index >= 15 is 0 Å². The number of aliphatic hydroxyl groups is 2. The number of benzene rings is 3. The standard InChI is InChI=1S/C27H29NO8S2/c1-20-8-12-23(13-9-20)37(32,33)27(38(34,35)24-14-10-21(2)11-15-24)16-17-28(26(27,31)19-29)25(30)36-18-22-6-4-3-5-7-22/h3-15,29,31H,16-19H2,1-2H3/t26-/m0/s1. The Morgan fingerprint density at radius 3 is 1.76 bits per heavy atom. The Balaban J connectivity index is 1.88. The van der Waals surface area contributed by atoms with Gasteiger partial charge in [0.2, 0.25) is 29.5 Å². The van der Waals surface area contributed by atoms with E-state index in [1.54, 1.807) is 44.2 Å². The minimum absolute atomic E-state index is 0.208. The summed E-state index contributed by atoms with van der Waals surface area (Å²) < 4.78 is 59.3. The molecule has 1 aliphatic heterocycles. The minimum atomic E-state index is -4.93. The van der Waals surface area contributed by atoms with Gasteiger partial charge in [0.05, 0.1) is 16.4 Å². The van der Waals surface area contributed by atoms with E-state index in [-0.39, 0.29) is 16.4 Å². The summed E-state index contributed by atoms with van der Waals surface area (Å²) in [4.78, 5) is 13.0. The Labute approximate surface area is 222 Å². The zero-order valence-corrected chi connectivity index (χ0v) is 22.6. The van der Waals surface area contributed by atoms with Crippen molar-refractivity contribution in [2.24, 2.45) is 0 Å². The zero-order chi connectivity index (χ0) is 27.8. The molecule has 0 aliphatic carbocycles. The molecule has 9 nitrogen and oxygen atoms in total. The third-order valence-electron chi connectivity index (χ3n) is 6.90. The van der Waals surface area contributed by atoms with Crippen molar-refractivity contribution in [3.05, 3.63) is 95.6 Å². The van der Waals surface area contributed by atoms with Crippen LogP contribution in [0.1, 0.15) is 23.1 Å². The lowest BCUT2D eigenvalue weighted by molar-refractivity contribution is -0.109. The summed E-state index contributed by atoms with van der Waals surface area (Å²) >= 11 is 0. The molecular formula is C27H29NO8S2. The number of aliphatic hydroxyl groups excluding tert-OH is 1. The van der Waals surface area contributed by atoms with Crippen LogP contribution in [0.25, 0.3) is 0 Å². The zero-order valence-electron chi connectivity index (χ0n) is 20.9. The normalized spacial score (nSPS) is 19.3. The second-order valence-corrected chi connectivity index (χ2v) is 13.9. The molecule has 1 heterocycles. The van der Waals surface area contributed by atoms with E-state index in [4.69, 9.17) is 4.74 Å².